The fourth-order valence-corrected chi connectivity index (χ4v) is 6.23. The number of halogens is 1. The van der Waals surface area contributed by atoms with E-state index in [9.17, 15) is 9.59 Å². The molecule has 41 heavy (non-hydrogen) atoms. The second-order valence-corrected chi connectivity index (χ2v) is 12.1. The van der Waals surface area contributed by atoms with Gasteiger partial charge in [0.15, 0.2) is 4.80 Å². The molecule has 6 nitrogen and oxygen atoms in total. The first kappa shape index (κ1) is 28.9. The molecule has 3 aromatic carbocycles. The third kappa shape index (κ3) is 6.35. The Morgan fingerprint density at radius 1 is 1.12 bits per heavy atom. The molecule has 1 aliphatic heterocycles. The van der Waals surface area contributed by atoms with E-state index in [4.69, 9.17) is 21.1 Å². The highest BCUT2D eigenvalue weighted by atomic mass is 35.5. The van der Waals surface area contributed by atoms with Gasteiger partial charge in [-0.25, -0.2) is 9.79 Å². The van der Waals surface area contributed by atoms with E-state index in [1.54, 1.807) is 37.1 Å². The molecule has 0 amide bonds. The molecule has 1 atom stereocenters. The maximum Gasteiger partial charge on any atom is 0.338 e. The molecule has 0 spiro atoms. The van der Waals surface area contributed by atoms with Crippen LogP contribution in [0.4, 0.5) is 0 Å². The smallest absolute Gasteiger partial charge is 0.338 e. The molecule has 0 aliphatic carbocycles. The lowest BCUT2D eigenvalue weighted by Gasteiger charge is -2.25. The number of allylic oxidation sites excluding steroid dienone is 1. The third-order valence-electron chi connectivity index (χ3n) is 6.52. The Kier molecular flexibility index (Phi) is 8.82. The molecule has 4 aromatic rings. The fourth-order valence-electron chi connectivity index (χ4n) is 4.58. The molecule has 1 aromatic heterocycles. The molecular weight excluding hydrogens is 576 g/mol. The molecule has 0 unspecified atom stereocenters. The number of esters is 1. The lowest BCUT2D eigenvalue weighted by Crippen LogP contribution is -2.40. The molecule has 0 N–H and O–H groups in total. The Morgan fingerprint density at radius 2 is 1.88 bits per heavy atom. The number of fused-ring (bicyclic) bond motifs is 1. The van der Waals surface area contributed by atoms with Crippen molar-refractivity contribution in [1.82, 2.24) is 4.57 Å². The summed E-state index contributed by atoms with van der Waals surface area (Å²) >= 11 is 9.19. The van der Waals surface area contributed by atoms with E-state index in [0.29, 0.717) is 38.0 Å². The van der Waals surface area contributed by atoms with Gasteiger partial charge in [-0.3, -0.25) is 9.36 Å². The molecule has 5 rings (SSSR count). The average Bonchev–Trinajstić information content (AvgIpc) is 3.25. The van der Waals surface area contributed by atoms with E-state index >= 15 is 0 Å². The molecule has 0 saturated heterocycles. The van der Waals surface area contributed by atoms with Gasteiger partial charge in [0.1, 0.15) is 12.4 Å². The van der Waals surface area contributed by atoms with Crippen LogP contribution in [0.2, 0.25) is 5.02 Å². The Morgan fingerprint density at radius 3 is 2.59 bits per heavy atom. The SMILES string of the molecule is CSc1ccc([C@H]2C(C(=O)OC(C)C)=C(C)N=c3s/c(=C/c4cccc(OCc5ccccc5Cl)c4)c(=O)n32)cc1. The summed E-state index contributed by atoms with van der Waals surface area (Å²) in [6.45, 7) is 5.72. The van der Waals surface area contributed by atoms with Crippen molar-refractivity contribution in [3.63, 3.8) is 0 Å². The van der Waals surface area contributed by atoms with Gasteiger partial charge >= 0.3 is 5.97 Å². The summed E-state index contributed by atoms with van der Waals surface area (Å²) in [5.41, 5.74) is 3.19. The zero-order valence-electron chi connectivity index (χ0n) is 23.1. The summed E-state index contributed by atoms with van der Waals surface area (Å²) in [6, 6.07) is 22.3. The van der Waals surface area contributed by atoms with Crippen molar-refractivity contribution in [2.75, 3.05) is 6.26 Å². The molecule has 0 saturated carbocycles. The average molecular weight is 605 g/mol. The van der Waals surface area contributed by atoms with Gasteiger partial charge < -0.3 is 9.47 Å². The normalized spacial score (nSPS) is 15.1. The Balaban J connectivity index is 1.55. The summed E-state index contributed by atoms with van der Waals surface area (Å²) < 4.78 is 13.7. The maximum absolute atomic E-state index is 13.9. The van der Waals surface area contributed by atoms with Gasteiger partial charge in [0, 0.05) is 15.5 Å². The summed E-state index contributed by atoms with van der Waals surface area (Å²) in [6.07, 6.45) is 3.52. The van der Waals surface area contributed by atoms with Crippen LogP contribution in [-0.2, 0) is 16.1 Å². The highest BCUT2D eigenvalue weighted by Gasteiger charge is 2.33. The van der Waals surface area contributed by atoms with Gasteiger partial charge in [-0.2, -0.15) is 0 Å². The van der Waals surface area contributed by atoms with E-state index < -0.39 is 12.0 Å². The summed E-state index contributed by atoms with van der Waals surface area (Å²) in [7, 11) is 0. The predicted molar refractivity (Wildman–Crippen MR) is 165 cm³/mol. The van der Waals surface area contributed by atoms with Gasteiger partial charge in [0.2, 0.25) is 0 Å². The maximum atomic E-state index is 13.9. The van der Waals surface area contributed by atoms with Crippen LogP contribution in [0.3, 0.4) is 0 Å². The monoisotopic (exact) mass is 604 g/mol. The lowest BCUT2D eigenvalue weighted by atomic mass is 9.96. The minimum atomic E-state index is -0.652. The molecule has 1 aliphatic rings. The molecule has 2 heterocycles. The van der Waals surface area contributed by atoms with E-state index in [-0.39, 0.29) is 11.7 Å². The zero-order valence-corrected chi connectivity index (χ0v) is 25.5. The zero-order chi connectivity index (χ0) is 29.1. The van der Waals surface area contributed by atoms with Crippen LogP contribution in [0.25, 0.3) is 6.08 Å². The van der Waals surface area contributed by atoms with Crippen molar-refractivity contribution < 1.29 is 14.3 Å². The number of carbonyl (C=O) groups is 1. The number of nitrogens with zero attached hydrogens (tertiary/aromatic N) is 2. The minimum Gasteiger partial charge on any atom is -0.489 e. The van der Waals surface area contributed by atoms with Crippen LogP contribution >= 0.6 is 34.7 Å². The number of ether oxygens (including phenoxy) is 2. The molecule has 0 bridgehead atoms. The van der Waals surface area contributed by atoms with Gasteiger partial charge in [-0.1, -0.05) is 65.4 Å². The van der Waals surface area contributed by atoms with Crippen LogP contribution < -0.4 is 19.6 Å². The Bertz CT molecular complexity index is 1810. The number of carbonyl (C=O) groups excluding carboxylic acids is 1. The quantitative estimate of drug-likeness (QED) is 0.178. The van der Waals surface area contributed by atoms with Crippen LogP contribution in [0.15, 0.2) is 98.7 Å². The fraction of sp³-hybridized carbons (Fsp3) is 0.219. The first-order valence-electron chi connectivity index (χ1n) is 13.1. The first-order valence-corrected chi connectivity index (χ1v) is 15.5. The summed E-state index contributed by atoms with van der Waals surface area (Å²) in [4.78, 5) is 33.5. The van der Waals surface area contributed by atoms with Crippen molar-refractivity contribution in [2.45, 2.75) is 44.4 Å². The van der Waals surface area contributed by atoms with Crippen LogP contribution in [0.5, 0.6) is 5.75 Å². The van der Waals surface area contributed by atoms with E-state index in [1.165, 1.54) is 11.3 Å². The molecule has 210 valence electrons. The van der Waals surface area contributed by atoms with Gasteiger partial charge in [-0.05, 0) is 74.6 Å². The van der Waals surface area contributed by atoms with Crippen molar-refractivity contribution in [1.29, 1.82) is 0 Å². The van der Waals surface area contributed by atoms with Gasteiger partial charge in [0.25, 0.3) is 5.56 Å². The third-order valence-corrected chi connectivity index (χ3v) is 8.62. The van der Waals surface area contributed by atoms with Gasteiger partial charge in [0.05, 0.1) is 27.9 Å². The van der Waals surface area contributed by atoms with Crippen LogP contribution in [-0.4, -0.2) is 22.9 Å². The van der Waals surface area contributed by atoms with Crippen LogP contribution in [0, 0.1) is 0 Å². The van der Waals surface area contributed by atoms with Gasteiger partial charge in [-0.15, -0.1) is 11.8 Å². The second kappa shape index (κ2) is 12.5. The Hall–Kier alpha value is -3.59. The summed E-state index contributed by atoms with van der Waals surface area (Å²) in [5.74, 6) is 0.186. The molecule has 9 heteroatoms. The largest absolute Gasteiger partial charge is 0.489 e. The van der Waals surface area contributed by atoms with Crippen molar-refractivity contribution in [3.05, 3.63) is 125 Å². The number of thiazole rings is 1. The minimum absolute atomic E-state index is 0.225. The molecule has 0 fully saturated rings. The highest BCUT2D eigenvalue weighted by Crippen LogP contribution is 2.32. The van der Waals surface area contributed by atoms with Crippen molar-refractivity contribution in [3.8, 4) is 5.75 Å². The number of aromatic nitrogens is 1. The first-order chi connectivity index (χ1) is 19.7. The summed E-state index contributed by atoms with van der Waals surface area (Å²) in [5, 5.41) is 0.648. The number of thioether (sulfide) groups is 1. The number of hydrogen-bond acceptors (Lipinski definition) is 7. The number of benzene rings is 3. The number of rotatable bonds is 8. The van der Waals surface area contributed by atoms with E-state index in [2.05, 4.69) is 4.99 Å². The molecular formula is C32H29ClN2O4S2. The highest BCUT2D eigenvalue weighted by molar-refractivity contribution is 7.98. The van der Waals surface area contributed by atoms with Crippen molar-refractivity contribution in [2.24, 2.45) is 4.99 Å². The standard InChI is InChI=1S/C32H29ClN2O4S2/c1-19(2)39-31(37)28-20(3)34-32-35(29(28)22-12-14-25(40-4)15-13-22)30(36)27(41-32)17-21-8-7-10-24(16-21)38-18-23-9-5-6-11-26(23)33/h5-17,19,29H,18H2,1-4H3/b27-17+/t29-/m0/s1. The predicted octanol–water partition coefficient (Wildman–Crippen LogP) is 6.14. The van der Waals surface area contributed by atoms with Crippen molar-refractivity contribution >= 4 is 46.7 Å². The second-order valence-electron chi connectivity index (χ2n) is 9.76. The lowest BCUT2D eigenvalue weighted by molar-refractivity contribution is -0.143. The van der Waals surface area contributed by atoms with E-state index in [1.807, 2.05) is 85.1 Å². The van der Waals surface area contributed by atoms with E-state index in [0.717, 1.165) is 21.6 Å². The van der Waals surface area contributed by atoms with Crippen LogP contribution in [0.1, 0.15) is 43.5 Å². The number of hydrogen-bond donors (Lipinski definition) is 0. The topological polar surface area (TPSA) is 69.9 Å². The molecule has 0 radical (unpaired) electrons. The Labute approximate surface area is 251 Å².